The van der Waals surface area contributed by atoms with Crippen molar-refractivity contribution in [1.82, 2.24) is 9.88 Å². The number of aliphatic hydroxyl groups is 1. The lowest BCUT2D eigenvalue weighted by Gasteiger charge is -2.20. The molecule has 1 aliphatic heterocycles. The van der Waals surface area contributed by atoms with Gasteiger partial charge in [0.2, 0.25) is 0 Å². The predicted molar refractivity (Wildman–Crippen MR) is 61.6 cm³/mol. The molecule has 2 rings (SSSR count). The van der Waals surface area contributed by atoms with Crippen molar-refractivity contribution in [3.8, 4) is 0 Å². The molecule has 7 heteroatoms. The lowest BCUT2D eigenvalue weighted by molar-refractivity contribution is -0.141. The quantitative estimate of drug-likeness (QED) is 0.739. The number of likely N-dealkylation sites (tertiary alicyclic amines) is 1. The zero-order valence-corrected chi connectivity index (χ0v) is 10.3. The van der Waals surface area contributed by atoms with Gasteiger partial charge in [0.25, 0.3) is 5.91 Å². The maximum Gasteiger partial charge on any atom is 0.326 e. The third-order valence-corrected chi connectivity index (χ3v) is 3.16. The van der Waals surface area contributed by atoms with Gasteiger partial charge < -0.3 is 20.1 Å². The van der Waals surface area contributed by atoms with Gasteiger partial charge in [0.15, 0.2) is 0 Å². The standard InChI is InChI=1S/C10H11BrN2O4/c11-5-1-7(12-3-5)9(15)13-4-6(14)2-8(13)10(16)17/h1,3,6,8,12,14H,2,4H2,(H,16,17). The number of rotatable bonds is 2. The first-order valence-corrected chi connectivity index (χ1v) is 5.84. The van der Waals surface area contributed by atoms with Crippen LogP contribution < -0.4 is 0 Å². The molecule has 0 aromatic carbocycles. The maximum atomic E-state index is 12.0. The van der Waals surface area contributed by atoms with E-state index in [1.54, 1.807) is 12.3 Å². The fourth-order valence-electron chi connectivity index (χ4n) is 1.92. The van der Waals surface area contributed by atoms with E-state index in [1.165, 1.54) is 4.90 Å². The van der Waals surface area contributed by atoms with Crippen molar-refractivity contribution in [2.75, 3.05) is 6.54 Å². The summed E-state index contributed by atoms with van der Waals surface area (Å²) in [5, 5.41) is 18.4. The molecular weight excluding hydrogens is 292 g/mol. The van der Waals surface area contributed by atoms with Crippen molar-refractivity contribution >= 4 is 27.8 Å². The number of halogens is 1. The van der Waals surface area contributed by atoms with Crippen LogP contribution in [-0.2, 0) is 4.79 Å². The van der Waals surface area contributed by atoms with Crippen LogP contribution in [0.3, 0.4) is 0 Å². The number of nitrogens with one attached hydrogen (secondary N) is 1. The van der Waals surface area contributed by atoms with Crippen LogP contribution in [0.15, 0.2) is 16.7 Å². The van der Waals surface area contributed by atoms with Crippen LogP contribution in [0.2, 0.25) is 0 Å². The van der Waals surface area contributed by atoms with Gasteiger partial charge in [0, 0.05) is 23.6 Å². The molecule has 2 heterocycles. The fraction of sp³-hybridized carbons (Fsp3) is 0.400. The van der Waals surface area contributed by atoms with Crippen LogP contribution in [0.4, 0.5) is 0 Å². The summed E-state index contributed by atoms with van der Waals surface area (Å²) in [6.07, 6.45) is 0.886. The number of amides is 1. The minimum absolute atomic E-state index is 0.0481. The molecule has 1 aromatic heterocycles. The number of carbonyl (C=O) groups excluding carboxylic acids is 1. The molecule has 1 fully saturated rings. The van der Waals surface area contributed by atoms with Crippen LogP contribution >= 0.6 is 15.9 Å². The van der Waals surface area contributed by atoms with Gasteiger partial charge in [-0.2, -0.15) is 0 Å². The fourth-order valence-corrected chi connectivity index (χ4v) is 2.26. The third kappa shape index (κ3) is 2.34. The second kappa shape index (κ2) is 4.50. The number of H-pyrrole nitrogens is 1. The molecule has 1 aromatic rings. The minimum atomic E-state index is -1.10. The number of carboxylic acid groups (broad SMARTS) is 1. The number of β-amino-alcohol motifs (C(OH)–C–C–N with tert-alkyl or cyclic N) is 1. The number of hydrogen-bond donors (Lipinski definition) is 3. The largest absolute Gasteiger partial charge is 0.480 e. The average Bonchev–Trinajstić information content (AvgIpc) is 2.83. The highest BCUT2D eigenvalue weighted by atomic mass is 79.9. The molecule has 92 valence electrons. The molecule has 6 nitrogen and oxygen atoms in total. The third-order valence-electron chi connectivity index (χ3n) is 2.70. The van der Waals surface area contributed by atoms with E-state index >= 15 is 0 Å². The van der Waals surface area contributed by atoms with Crippen LogP contribution in [0.25, 0.3) is 0 Å². The maximum absolute atomic E-state index is 12.0. The number of nitrogens with zero attached hydrogens (tertiary/aromatic N) is 1. The summed E-state index contributed by atoms with van der Waals surface area (Å²) in [5.41, 5.74) is 0.303. The van der Waals surface area contributed by atoms with Gasteiger partial charge in [-0.05, 0) is 22.0 Å². The van der Waals surface area contributed by atoms with E-state index in [1.807, 2.05) is 0 Å². The van der Waals surface area contributed by atoms with Crippen molar-refractivity contribution in [2.24, 2.45) is 0 Å². The van der Waals surface area contributed by atoms with Crippen molar-refractivity contribution in [3.63, 3.8) is 0 Å². The summed E-state index contributed by atoms with van der Waals surface area (Å²) in [6, 6.07) is 0.617. The molecule has 0 saturated carbocycles. The summed E-state index contributed by atoms with van der Waals surface area (Å²) in [4.78, 5) is 26.9. The Morgan fingerprint density at radius 3 is 2.76 bits per heavy atom. The molecule has 0 bridgehead atoms. The second-order valence-electron chi connectivity index (χ2n) is 3.93. The van der Waals surface area contributed by atoms with Crippen LogP contribution in [0.1, 0.15) is 16.9 Å². The number of aromatic amines is 1. The first-order chi connectivity index (χ1) is 7.99. The Bertz CT molecular complexity index is 459. The zero-order valence-electron chi connectivity index (χ0n) is 8.76. The molecule has 0 radical (unpaired) electrons. The summed E-state index contributed by atoms with van der Waals surface area (Å²) in [6.45, 7) is 0.0481. The number of aromatic nitrogens is 1. The first kappa shape index (κ1) is 12.1. The lowest BCUT2D eigenvalue weighted by atomic mass is 10.2. The molecule has 0 aliphatic carbocycles. The molecule has 1 aliphatic rings. The zero-order chi connectivity index (χ0) is 12.6. The van der Waals surface area contributed by atoms with Gasteiger partial charge in [-0.1, -0.05) is 0 Å². The monoisotopic (exact) mass is 302 g/mol. The number of carboxylic acids is 1. The van der Waals surface area contributed by atoms with E-state index in [0.29, 0.717) is 10.2 Å². The Balaban J connectivity index is 2.21. The van der Waals surface area contributed by atoms with Crippen molar-refractivity contribution < 1.29 is 19.8 Å². The van der Waals surface area contributed by atoms with E-state index in [2.05, 4.69) is 20.9 Å². The van der Waals surface area contributed by atoms with E-state index in [0.717, 1.165) is 0 Å². The van der Waals surface area contributed by atoms with E-state index in [9.17, 15) is 14.7 Å². The van der Waals surface area contributed by atoms with Crippen molar-refractivity contribution in [2.45, 2.75) is 18.6 Å². The van der Waals surface area contributed by atoms with Crippen LogP contribution in [-0.4, -0.2) is 50.7 Å². The van der Waals surface area contributed by atoms with E-state index in [4.69, 9.17) is 5.11 Å². The van der Waals surface area contributed by atoms with Crippen LogP contribution in [0, 0.1) is 0 Å². The van der Waals surface area contributed by atoms with Crippen molar-refractivity contribution in [1.29, 1.82) is 0 Å². The number of hydrogen-bond acceptors (Lipinski definition) is 3. The molecule has 17 heavy (non-hydrogen) atoms. The van der Waals surface area contributed by atoms with Crippen molar-refractivity contribution in [3.05, 3.63) is 22.4 Å². The number of aliphatic carboxylic acids is 1. The molecule has 1 amide bonds. The van der Waals surface area contributed by atoms with Crippen LogP contribution in [0.5, 0.6) is 0 Å². The lowest BCUT2D eigenvalue weighted by Crippen LogP contribution is -2.40. The summed E-state index contributed by atoms with van der Waals surface area (Å²) < 4.78 is 0.715. The highest BCUT2D eigenvalue weighted by molar-refractivity contribution is 9.10. The van der Waals surface area contributed by atoms with E-state index in [-0.39, 0.29) is 13.0 Å². The van der Waals surface area contributed by atoms with Gasteiger partial charge >= 0.3 is 5.97 Å². The Hall–Kier alpha value is -1.34. The Morgan fingerprint density at radius 2 is 2.24 bits per heavy atom. The second-order valence-corrected chi connectivity index (χ2v) is 4.85. The number of aliphatic hydroxyl groups excluding tert-OH is 1. The summed E-state index contributed by atoms with van der Waals surface area (Å²) in [5.74, 6) is -1.51. The highest BCUT2D eigenvalue weighted by Crippen LogP contribution is 2.21. The molecule has 0 spiro atoms. The summed E-state index contributed by atoms with van der Waals surface area (Å²) in [7, 11) is 0. The Kier molecular flexibility index (Phi) is 3.21. The predicted octanol–water partition coefficient (Wildman–Crippen LogP) is 0.437. The first-order valence-electron chi connectivity index (χ1n) is 5.05. The SMILES string of the molecule is O=C(O)C1CC(O)CN1C(=O)c1cc(Br)c[nH]1. The van der Waals surface area contributed by atoms with Gasteiger partial charge in [-0.3, -0.25) is 4.79 Å². The molecule has 2 atom stereocenters. The Labute approximate surface area is 105 Å². The molecule has 3 N–H and O–H groups in total. The minimum Gasteiger partial charge on any atom is -0.480 e. The summed E-state index contributed by atoms with van der Waals surface area (Å²) >= 11 is 3.20. The molecular formula is C10H11BrN2O4. The average molecular weight is 303 g/mol. The van der Waals surface area contributed by atoms with E-state index < -0.39 is 24.0 Å². The highest BCUT2D eigenvalue weighted by Gasteiger charge is 2.39. The normalized spacial score (nSPS) is 24.0. The van der Waals surface area contributed by atoms with Gasteiger partial charge in [0.05, 0.1) is 6.10 Å². The molecule has 1 saturated heterocycles. The van der Waals surface area contributed by atoms with Gasteiger partial charge in [0.1, 0.15) is 11.7 Å². The number of carbonyl (C=O) groups is 2. The Morgan fingerprint density at radius 1 is 1.53 bits per heavy atom. The van der Waals surface area contributed by atoms with Gasteiger partial charge in [-0.15, -0.1) is 0 Å². The smallest absolute Gasteiger partial charge is 0.326 e. The topological polar surface area (TPSA) is 93.6 Å². The van der Waals surface area contributed by atoms with Gasteiger partial charge in [-0.25, -0.2) is 4.79 Å². The molecule has 2 unspecified atom stereocenters.